The number of aliphatic carboxylic acids is 1. The molecule has 0 saturated carbocycles. The molecule has 0 aliphatic rings. The van der Waals surface area contributed by atoms with Crippen molar-refractivity contribution in [3.8, 4) is 0 Å². The standard InChI is InChI=1S/C38H46N2O3/c1-6-29-24-34(8-7-9-35(41)42)40-37(29)38(43)32-18-20-33(21-19-32)39-36(30-14-10-27(11-15-30)22-25(2)3)31-16-12-28(13-17-31)23-26(4)5/h10-21,24-26,36,39-40H,6-9,22-23H2,1-5H3,(H,41,42). The van der Waals surface area contributed by atoms with Crippen LogP contribution in [0.5, 0.6) is 0 Å². The zero-order valence-electron chi connectivity index (χ0n) is 26.2. The number of carboxylic acids is 1. The van der Waals surface area contributed by atoms with Crippen molar-refractivity contribution < 1.29 is 14.7 Å². The third kappa shape index (κ3) is 8.93. The van der Waals surface area contributed by atoms with E-state index in [0.717, 1.165) is 36.2 Å². The number of nitrogens with one attached hydrogen (secondary N) is 2. The predicted molar refractivity (Wildman–Crippen MR) is 176 cm³/mol. The first-order valence-electron chi connectivity index (χ1n) is 15.6. The Hall–Kier alpha value is -4.12. The van der Waals surface area contributed by atoms with Gasteiger partial charge < -0.3 is 15.4 Å². The van der Waals surface area contributed by atoms with E-state index in [2.05, 4.69) is 86.5 Å². The van der Waals surface area contributed by atoms with E-state index in [1.54, 1.807) is 0 Å². The monoisotopic (exact) mass is 578 g/mol. The van der Waals surface area contributed by atoms with Gasteiger partial charge in [-0.15, -0.1) is 0 Å². The Bertz CT molecular complexity index is 1430. The fourth-order valence-electron chi connectivity index (χ4n) is 5.63. The lowest BCUT2D eigenvalue weighted by atomic mass is 9.93. The van der Waals surface area contributed by atoms with Crippen molar-refractivity contribution in [3.63, 3.8) is 0 Å². The highest BCUT2D eigenvalue weighted by atomic mass is 16.4. The fraction of sp³-hybridized carbons (Fsp3) is 0.368. The van der Waals surface area contributed by atoms with Gasteiger partial charge in [0, 0.05) is 23.4 Å². The lowest BCUT2D eigenvalue weighted by Gasteiger charge is -2.22. The fourth-order valence-corrected chi connectivity index (χ4v) is 5.63. The molecular formula is C38H46N2O3. The Labute approximate surface area is 256 Å². The first-order valence-corrected chi connectivity index (χ1v) is 15.6. The Balaban J connectivity index is 1.55. The maximum Gasteiger partial charge on any atom is 0.303 e. The lowest BCUT2D eigenvalue weighted by molar-refractivity contribution is -0.137. The Kier molecular flexibility index (Phi) is 11.0. The Morgan fingerprint density at radius 1 is 0.791 bits per heavy atom. The molecule has 3 aromatic carbocycles. The van der Waals surface area contributed by atoms with E-state index < -0.39 is 5.97 Å². The van der Waals surface area contributed by atoms with Crippen LogP contribution in [0, 0.1) is 11.8 Å². The Morgan fingerprint density at radius 2 is 1.33 bits per heavy atom. The van der Waals surface area contributed by atoms with Gasteiger partial charge in [0.05, 0.1) is 11.7 Å². The topological polar surface area (TPSA) is 82.2 Å². The van der Waals surface area contributed by atoms with Gasteiger partial charge in [-0.25, -0.2) is 0 Å². The van der Waals surface area contributed by atoms with Crippen LogP contribution in [0.15, 0.2) is 78.9 Å². The molecule has 226 valence electrons. The quantitative estimate of drug-likeness (QED) is 0.123. The van der Waals surface area contributed by atoms with Crippen molar-refractivity contribution in [2.24, 2.45) is 11.8 Å². The summed E-state index contributed by atoms with van der Waals surface area (Å²) in [5.74, 6) is 0.363. The summed E-state index contributed by atoms with van der Waals surface area (Å²) in [5.41, 5.74) is 9.08. The number of ketones is 1. The minimum absolute atomic E-state index is 0.0359. The molecule has 5 heteroatoms. The normalized spacial score (nSPS) is 11.4. The van der Waals surface area contributed by atoms with Gasteiger partial charge in [-0.05, 0) is 102 Å². The minimum Gasteiger partial charge on any atom is -0.481 e. The molecule has 0 amide bonds. The third-order valence-corrected chi connectivity index (χ3v) is 7.77. The Morgan fingerprint density at radius 3 is 1.79 bits per heavy atom. The summed E-state index contributed by atoms with van der Waals surface area (Å²) in [6, 6.07) is 27.5. The molecule has 0 unspecified atom stereocenters. The summed E-state index contributed by atoms with van der Waals surface area (Å²) in [6.07, 6.45) is 4.10. The molecule has 0 radical (unpaired) electrons. The first-order chi connectivity index (χ1) is 20.6. The number of aromatic nitrogens is 1. The van der Waals surface area contributed by atoms with Gasteiger partial charge in [0.25, 0.3) is 0 Å². The van der Waals surface area contributed by atoms with Crippen LogP contribution in [0.25, 0.3) is 0 Å². The number of aromatic amines is 1. The number of aryl methyl sites for hydroxylation is 2. The second-order valence-corrected chi connectivity index (χ2v) is 12.5. The molecule has 1 heterocycles. The smallest absolute Gasteiger partial charge is 0.303 e. The van der Waals surface area contributed by atoms with Crippen molar-refractivity contribution in [1.82, 2.24) is 4.98 Å². The zero-order chi connectivity index (χ0) is 30.9. The van der Waals surface area contributed by atoms with Crippen LogP contribution in [-0.2, 0) is 30.5 Å². The average molecular weight is 579 g/mol. The van der Waals surface area contributed by atoms with Gasteiger partial charge in [-0.1, -0.05) is 83.1 Å². The minimum atomic E-state index is -0.805. The van der Waals surface area contributed by atoms with Gasteiger partial charge in [0.1, 0.15) is 0 Å². The maximum absolute atomic E-state index is 13.5. The van der Waals surface area contributed by atoms with Gasteiger partial charge in [-0.3, -0.25) is 9.59 Å². The number of rotatable bonds is 15. The van der Waals surface area contributed by atoms with Crippen molar-refractivity contribution in [2.75, 3.05) is 5.32 Å². The van der Waals surface area contributed by atoms with Crippen LogP contribution >= 0.6 is 0 Å². The molecule has 3 N–H and O–H groups in total. The second kappa shape index (κ2) is 14.9. The van der Waals surface area contributed by atoms with Crippen molar-refractivity contribution >= 4 is 17.4 Å². The van der Waals surface area contributed by atoms with Crippen molar-refractivity contribution in [2.45, 2.75) is 79.2 Å². The molecule has 0 saturated heterocycles. The average Bonchev–Trinajstić information content (AvgIpc) is 3.39. The molecular weight excluding hydrogens is 532 g/mol. The zero-order valence-corrected chi connectivity index (χ0v) is 26.2. The summed E-state index contributed by atoms with van der Waals surface area (Å²) in [4.78, 5) is 27.6. The largest absolute Gasteiger partial charge is 0.481 e. The van der Waals surface area contributed by atoms with Crippen molar-refractivity contribution in [3.05, 3.63) is 124 Å². The van der Waals surface area contributed by atoms with E-state index in [0.29, 0.717) is 35.9 Å². The van der Waals surface area contributed by atoms with Crippen LogP contribution in [0.2, 0.25) is 0 Å². The van der Waals surface area contributed by atoms with E-state index in [4.69, 9.17) is 5.11 Å². The van der Waals surface area contributed by atoms with Crippen LogP contribution in [-0.4, -0.2) is 21.8 Å². The van der Waals surface area contributed by atoms with Crippen LogP contribution in [0.1, 0.15) is 103 Å². The SMILES string of the molecule is CCc1cc(CCCC(=O)O)[nH]c1C(=O)c1ccc(NC(c2ccc(CC(C)C)cc2)c2ccc(CC(C)C)cc2)cc1. The predicted octanol–water partition coefficient (Wildman–Crippen LogP) is 8.81. The molecule has 0 spiro atoms. The number of carbonyl (C=O) groups is 2. The highest BCUT2D eigenvalue weighted by molar-refractivity contribution is 6.09. The molecule has 0 aliphatic heterocycles. The van der Waals surface area contributed by atoms with E-state index >= 15 is 0 Å². The van der Waals surface area contributed by atoms with Gasteiger partial charge in [0.2, 0.25) is 5.78 Å². The number of hydrogen-bond donors (Lipinski definition) is 3. The third-order valence-electron chi connectivity index (χ3n) is 7.77. The highest BCUT2D eigenvalue weighted by Gasteiger charge is 2.18. The van der Waals surface area contributed by atoms with Gasteiger partial charge >= 0.3 is 5.97 Å². The summed E-state index contributed by atoms with van der Waals surface area (Å²) in [7, 11) is 0. The maximum atomic E-state index is 13.5. The first kappa shape index (κ1) is 31.8. The molecule has 0 atom stereocenters. The second-order valence-electron chi connectivity index (χ2n) is 12.5. The number of anilines is 1. The number of carboxylic acid groups (broad SMARTS) is 1. The lowest BCUT2D eigenvalue weighted by Crippen LogP contribution is -2.13. The van der Waals surface area contributed by atoms with E-state index in [1.165, 1.54) is 22.3 Å². The molecule has 0 aliphatic carbocycles. The van der Waals surface area contributed by atoms with E-state index in [-0.39, 0.29) is 18.2 Å². The van der Waals surface area contributed by atoms with Gasteiger partial charge in [0.15, 0.2) is 0 Å². The number of hydrogen-bond acceptors (Lipinski definition) is 3. The molecule has 43 heavy (non-hydrogen) atoms. The molecule has 1 aromatic heterocycles. The van der Waals surface area contributed by atoms with Crippen molar-refractivity contribution in [1.29, 1.82) is 0 Å². The van der Waals surface area contributed by atoms with Crippen LogP contribution < -0.4 is 5.32 Å². The van der Waals surface area contributed by atoms with Crippen LogP contribution in [0.4, 0.5) is 5.69 Å². The summed E-state index contributed by atoms with van der Waals surface area (Å²) < 4.78 is 0. The summed E-state index contributed by atoms with van der Waals surface area (Å²) >= 11 is 0. The summed E-state index contributed by atoms with van der Waals surface area (Å²) in [5, 5.41) is 12.7. The number of benzene rings is 3. The number of H-pyrrole nitrogens is 1. The number of carbonyl (C=O) groups excluding carboxylic acids is 1. The van der Waals surface area contributed by atoms with Gasteiger partial charge in [-0.2, -0.15) is 0 Å². The highest BCUT2D eigenvalue weighted by Crippen LogP contribution is 2.29. The van der Waals surface area contributed by atoms with E-state index in [9.17, 15) is 9.59 Å². The van der Waals surface area contributed by atoms with Crippen LogP contribution in [0.3, 0.4) is 0 Å². The molecule has 0 bridgehead atoms. The summed E-state index contributed by atoms with van der Waals surface area (Å²) in [6.45, 7) is 11.0. The van der Waals surface area contributed by atoms with E-state index in [1.807, 2.05) is 37.3 Å². The molecule has 0 fully saturated rings. The molecule has 4 rings (SSSR count). The molecule has 4 aromatic rings. The molecule has 5 nitrogen and oxygen atoms in total.